The third kappa shape index (κ3) is 2.28. The predicted octanol–water partition coefficient (Wildman–Crippen LogP) is 3.45. The molecular formula is C12H10FNOS. The van der Waals surface area contributed by atoms with E-state index in [1.165, 1.54) is 23.5 Å². The molecule has 2 rings (SSSR count). The number of rotatable bonds is 2. The molecule has 0 radical (unpaired) electrons. The minimum Gasteiger partial charge on any atom is -0.321 e. The molecule has 0 aliphatic rings. The normalized spacial score (nSPS) is 10.1. The van der Waals surface area contributed by atoms with Crippen LogP contribution in [0.15, 0.2) is 35.7 Å². The van der Waals surface area contributed by atoms with Gasteiger partial charge in [-0.2, -0.15) is 0 Å². The van der Waals surface area contributed by atoms with Crippen molar-refractivity contribution in [3.8, 4) is 0 Å². The van der Waals surface area contributed by atoms with E-state index in [1.54, 1.807) is 12.1 Å². The zero-order valence-corrected chi connectivity index (χ0v) is 9.48. The summed E-state index contributed by atoms with van der Waals surface area (Å²) >= 11 is 1.38. The van der Waals surface area contributed by atoms with Gasteiger partial charge in [0.05, 0.1) is 4.88 Å². The van der Waals surface area contributed by atoms with E-state index in [-0.39, 0.29) is 11.7 Å². The number of thiophene rings is 1. The van der Waals surface area contributed by atoms with Gasteiger partial charge in [-0.05, 0) is 42.1 Å². The van der Waals surface area contributed by atoms with Gasteiger partial charge >= 0.3 is 0 Å². The van der Waals surface area contributed by atoms with Crippen LogP contribution in [0.25, 0.3) is 0 Å². The average molecular weight is 235 g/mol. The summed E-state index contributed by atoms with van der Waals surface area (Å²) in [5.41, 5.74) is 1.40. The molecule has 1 N–H and O–H groups in total. The van der Waals surface area contributed by atoms with Crippen LogP contribution in [0.3, 0.4) is 0 Å². The van der Waals surface area contributed by atoms with Gasteiger partial charge in [-0.25, -0.2) is 4.39 Å². The van der Waals surface area contributed by atoms with Gasteiger partial charge in [-0.15, -0.1) is 11.3 Å². The first-order valence-electron chi connectivity index (χ1n) is 4.78. The van der Waals surface area contributed by atoms with Crippen molar-refractivity contribution in [3.63, 3.8) is 0 Å². The maximum atomic E-state index is 12.9. The number of hydrogen-bond acceptors (Lipinski definition) is 2. The quantitative estimate of drug-likeness (QED) is 0.848. The van der Waals surface area contributed by atoms with Gasteiger partial charge in [0.2, 0.25) is 0 Å². The van der Waals surface area contributed by atoms with Gasteiger partial charge in [0.15, 0.2) is 0 Å². The summed E-state index contributed by atoms with van der Waals surface area (Å²) in [6.45, 7) is 1.87. The van der Waals surface area contributed by atoms with Gasteiger partial charge in [0.1, 0.15) is 5.82 Å². The molecule has 16 heavy (non-hydrogen) atoms. The molecule has 1 heterocycles. The van der Waals surface area contributed by atoms with Crippen LogP contribution < -0.4 is 5.32 Å². The summed E-state index contributed by atoms with van der Waals surface area (Å²) in [4.78, 5) is 12.4. The highest BCUT2D eigenvalue weighted by Gasteiger charge is 2.10. The van der Waals surface area contributed by atoms with Crippen molar-refractivity contribution in [2.24, 2.45) is 0 Å². The topological polar surface area (TPSA) is 29.1 Å². The van der Waals surface area contributed by atoms with Crippen molar-refractivity contribution >= 4 is 22.9 Å². The molecule has 1 aromatic carbocycles. The Morgan fingerprint density at radius 2 is 2.19 bits per heavy atom. The van der Waals surface area contributed by atoms with Crippen LogP contribution in [-0.2, 0) is 0 Å². The van der Waals surface area contributed by atoms with E-state index < -0.39 is 0 Å². The fourth-order valence-electron chi connectivity index (χ4n) is 1.36. The predicted molar refractivity (Wildman–Crippen MR) is 63.4 cm³/mol. The summed E-state index contributed by atoms with van der Waals surface area (Å²) in [5, 5.41) is 4.51. The number of aryl methyl sites for hydroxylation is 1. The van der Waals surface area contributed by atoms with Gasteiger partial charge in [0.25, 0.3) is 5.91 Å². The Kier molecular flexibility index (Phi) is 3.01. The van der Waals surface area contributed by atoms with E-state index in [9.17, 15) is 9.18 Å². The molecule has 4 heteroatoms. The average Bonchev–Trinajstić information content (AvgIpc) is 2.64. The molecule has 0 unspecified atom stereocenters. The van der Waals surface area contributed by atoms with Crippen molar-refractivity contribution in [2.45, 2.75) is 6.92 Å². The molecule has 1 amide bonds. The van der Waals surface area contributed by atoms with Gasteiger partial charge in [-0.1, -0.05) is 6.07 Å². The van der Waals surface area contributed by atoms with Crippen LogP contribution in [0.2, 0.25) is 0 Å². The molecule has 0 fully saturated rings. The molecule has 0 saturated heterocycles. The summed E-state index contributed by atoms with van der Waals surface area (Å²) in [7, 11) is 0. The number of hydrogen-bond donors (Lipinski definition) is 1. The molecule has 0 aliphatic carbocycles. The highest BCUT2D eigenvalue weighted by molar-refractivity contribution is 7.12. The first-order valence-corrected chi connectivity index (χ1v) is 5.66. The zero-order valence-electron chi connectivity index (χ0n) is 8.66. The third-order valence-corrected chi connectivity index (χ3v) is 3.17. The smallest absolute Gasteiger partial charge is 0.265 e. The van der Waals surface area contributed by atoms with Crippen molar-refractivity contribution in [3.05, 3.63) is 52.0 Å². The fraction of sp³-hybridized carbons (Fsp3) is 0.0833. The Bertz CT molecular complexity index is 521. The molecule has 82 valence electrons. The minimum absolute atomic E-state index is 0.196. The summed E-state index contributed by atoms with van der Waals surface area (Å²) in [5.74, 6) is -0.557. The van der Waals surface area contributed by atoms with Crippen LogP contribution in [0.1, 0.15) is 15.2 Å². The Morgan fingerprint density at radius 1 is 1.38 bits per heavy atom. The highest BCUT2D eigenvalue weighted by atomic mass is 32.1. The van der Waals surface area contributed by atoms with Crippen molar-refractivity contribution < 1.29 is 9.18 Å². The van der Waals surface area contributed by atoms with Crippen LogP contribution in [0, 0.1) is 12.7 Å². The van der Waals surface area contributed by atoms with Gasteiger partial charge in [0, 0.05) is 5.69 Å². The van der Waals surface area contributed by atoms with Crippen molar-refractivity contribution in [2.75, 3.05) is 5.32 Å². The number of benzene rings is 1. The monoisotopic (exact) mass is 235 g/mol. The number of carbonyl (C=O) groups is 1. The van der Waals surface area contributed by atoms with Gasteiger partial charge < -0.3 is 5.32 Å². The van der Waals surface area contributed by atoms with Crippen molar-refractivity contribution in [1.82, 2.24) is 0 Å². The lowest BCUT2D eigenvalue weighted by Gasteiger charge is -2.04. The van der Waals surface area contributed by atoms with E-state index in [1.807, 2.05) is 18.4 Å². The number of halogens is 1. The molecule has 1 aromatic heterocycles. The summed E-state index contributed by atoms with van der Waals surface area (Å²) < 4.78 is 12.9. The molecule has 0 spiro atoms. The van der Waals surface area contributed by atoms with E-state index >= 15 is 0 Å². The van der Waals surface area contributed by atoms with E-state index in [0.29, 0.717) is 10.6 Å². The van der Waals surface area contributed by atoms with Crippen LogP contribution >= 0.6 is 11.3 Å². The van der Waals surface area contributed by atoms with E-state index in [0.717, 1.165) is 5.56 Å². The lowest BCUT2D eigenvalue weighted by Crippen LogP contribution is -2.11. The van der Waals surface area contributed by atoms with E-state index in [2.05, 4.69) is 5.32 Å². The second-order valence-corrected chi connectivity index (χ2v) is 4.31. The Morgan fingerprint density at radius 3 is 2.81 bits per heavy atom. The molecular weight excluding hydrogens is 225 g/mol. The third-order valence-electron chi connectivity index (χ3n) is 2.15. The molecule has 0 bridgehead atoms. The molecule has 0 aliphatic heterocycles. The molecule has 2 aromatic rings. The Labute approximate surface area is 96.7 Å². The largest absolute Gasteiger partial charge is 0.321 e. The second-order valence-electron chi connectivity index (χ2n) is 3.40. The molecule has 2 nitrogen and oxygen atoms in total. The summed E-state index contributed by atoms with van der Waals surface area (Å²) in [6, 6.07) is 7.73. The van der Waals surface area contributed by atoms with E-state index in [4.69, 9.17) is 0 Å². The first kappa shape index (κ1) is 10.8. The highest BCUT2D eigenvalue weighted by Crippen LogP contribution is 2.18. The van der Waals surface area contributed by atoms with Crippen LogP contribution in [-0.4, -0.2) is 5.91 Å². The summed E-state index contributed by atoms with van der Waals surface area (Å²) in [6.07, 6.45) is 0. The fourth-order valence-corrected chi connectivity index (χ4v) is 2.18. The maximum Gasteiger partial charge on any atom is 0.265 e. The molecule has 0 atom stereocenters. The number of carbonyl (C=O) groups excluding carboxylic acids is 1. The van der Waals surface area contributed by atoms with Crippen LogP contribution in [0.4, 0.5) is 10.1 Å². The number of anilines is 1. The van der Waals surface area contributed by atoms with Crippen LogP contribution in [0.5, 0.6) is 0 Å². The van der Waals surface area contributed by atoms with Gasteiger partial charge in [-0.3, -0.25) is 4.79 Å². The first-order chi connectivity index (χ1) is 7.66. The lowest BCUT2D eigenvalue weighted by atomic mass is 10.2. The number of amides is 1. The zero-order chi connectivity index (χ0) is 11.5. The Hall–Kier alpha value is -1.68. The Balaban J connectivity index is 2.17. The van der Waals surface area contributed by atoms with Crippen molar-refractivity contribution in [1.29, 1.82) is 0 Å². The second kappa shape index (κ2) is 4.45. The SMILES string of the molecule is Cc1ccsc1C(=O)Nc1cccc(F)c1. The molecule has 0 saturated carbocycles. The minimum atomic E-state index is -0.360. The number of nitrogens with one attached hydrogen (secondary N) is 1. The lowest BCUT2D eigenvalue weighted by molar-refractivity contribution is 0.103. The maximum absolute atomic E-state index is 12.9. The standard InChI is InChI=1S/C12H10FNOS/c1-8-5-6-16-11(8)12(15)14-10-4-2-3-9(13)7-10/h2-7H,1H3,(H,14,15).